The molecule has 5 rings (SSSR count). The molecule has 0 aromatic heterocycles. The molecule has 0 spiro atoms. The first-order chi connectivity index (χ1) is 14.8. The zero-order valence-corrected chi connectivity index (χ0v) is 18.5. The van der Waals surface area contributed by atoms with E-state index in [2.05, 4.69) is 36.1 Å². The first-order valence-corrected chi connectivity index (χ1v) is 11.2. The van der Waals surface area contributed by atoms with Crippen LogP contribution in [0.4, 0.5) is 4.79 Å². The van der Waals surface area contributed by atoms with Crippen LogP contribution in [0.3, 0.4) is 0 Å². The molecule has 4 fully saturated rings. The fourth-order valence-electron chi connectivity index (χ4n) is 5.69. The summed E-state index contributed by atoms with van der Waals surface area (Å²) in [6.07, 6.45) is 2.88. The number of alkyl carbamates (subject to hydrolysis) is 1. The van der Waals surface area contributed by atoms with Crippen molar-refractivity contribution >= 4 is 13.2 Å². The van der Waals surface area contributed by atoms with E-state index in [0.29, 0.717) is 31.2 Å². The van der Waals surface area contributed by atoms with Crippen molar-refractivity contribution in [2.45, 2.75) is 70.7 Å². The lowest BCUT2D eigenvalue weighted by Crippen LogP contribution is -2.65. The Hall–Kier alpha value is -2.22. The number of rotatable bonds is 8. The van der Waals surface area contributed by atoms with Gasteiger partial charge in [-0.3, -0.25) is 0 Å². The number of ether oxygens (including phenoxy) is 1. The Kier molecular flexibility index (Phi) is 6.19. The van der Waals surface area contributed by atoms with Crippen LogP contribution in [0.25, 0.3) is 10.4 Å². The average Bonchev–Trinajstić information content (AvgIpc) is 3.12. The summed E-state index contributed by atoms with van der Waals surface area (Å²) in [6, 6.07) is 9.55. The molecule has 4 aliphatic rings. The zero-order valence-electron chi connectivity index (χ0n) is 18.5. The molecule has 3 aliphatic carbocycles. The second-order valence-electron chi connectivity index (χ2n) is 9.75. The molecule has 1 aliphatic heterocycles. The van der Waals surface area contributed by atoms with Crippen LogP contribution in [0.5, 0.6) is 0 Å². The van der Waals surface area contributed by atoms with E-state index < -0.39 is 13.2 Å². The Morgan fingerprint density at radius 2 is 2.13 bits per heavy atom. The maximum Gasteiger partial charge on any atom is 0.481 e. The summed E-state index contributed by atoms with van der Waals surface area (Å²) in [5.41, 5.74) is 9.37. The van der Waals surface area contributed by atoms with Crippen molar-refractivity contribution < 1.29 is 18.8 Å². The van der Waals surface area contributed by atoms with Gasteiger partial charge in [0.1, 0.15) is 6.61 Å². The third-order valence-corrected chi connectivity index (χ3v) is 7.65. The Bertz CT molecular complexity index is 847. The molecule has 9 heteroatoms. The van der Waals surface area contributed by atoms with E-state index in [-0.39, 0.29) is 29.7 Å². The fraction of sp³-hybridized carbons (Fsp3) is 0.682. The van der Waals surface area contributed by atoms with Gasteiger partial charge in [-0.1, -0.05) is 49.3 Å². The van der Waals surface area contributed by atoms with Crippen molar-refractivity contribution in [3.63, 3.8) is 0 Å². The lowest BCUT2D eigenvalue weighted by Gasteiger charge is -2.64. The monoisotopic (exact) mass is 426 g/mol. The molecule has 166 valence electrons. The molecule has 1 heterocycles. The van der Waals surface area contributed by atoms with Crippen LogP contribution in [0.1, 0.15) is 52.0 Å². The highest BCUT2D eigenvalue weighted by Crippen LogP contribution is 2.65. The molecule has 1 aromatic rings. The van der Waals surface area contributed by atoms with E-state index in [1.165, 1.54) is 6.42 Å². The van der Waals surface area contributed by atoms with E-state index in [1.54, 1.807) is 0 Å². The minimum Gasteiger partial charge on any atom is -0.445 e. The van der Waals surface area contributed by atoms with Crippen LogP contribution in [0.2, 0.25) is 0 Å². The van der Waals surface area contributed by atoms with Crippen molar-refractivity contribution in [1.29, 1.82) is 0 Å². The Morgan fingerprint density at radius 3 is 2.84 bits per heavy atom. The first-order valence-electron chi connectivity index (χ1n) is 11.2. The molecule has 1 amide bonds. The van der Waals surface area contributed by atoms with Gasteiger partial charge in [-0.15, -0.1) is 0 Å². The number of carbonyl (C=O) groups excluding carboxylic acids is 1. The normalized spacial score (nSPS) is 31.1. The summed E-state index contributed by atoms with van der Waals surface area (Å²) >= 11 is 0. The Balaban J connectivity index is 1.40. The number of hydrogen-bond acceptors (Lipinski definition) is 5. The van der Waals surface area contributed by atoms with Crippen molar-refractivity contribution in [3.8, 4) is 0 Å². The number of carbonyl (C=O) groups is 1. The van der Waals surface area contributed by atoms with Gasteiger partial charge in [0, 0.05) is 11.5 Å². The summed E-state index contributed by atoms with van der Waals surface area (Å²) in [6.45, 7) is 7.35. The third-order valence-electron chi connectivity index (χ3n) is 7.65. The average molecular weight is 426 g/mol. The van der Waals surface area contributed by atoms with Crippen LogP contribution >= 0.6 is 0 Å². The van der Waals surface area contributed by atoms with Crippen LogP contribution < -0.4 is 5.32 Å². The van der Waals surface area contributed by atoms with Gasteiger partial charge < -0.3 is 19.4 Å². The van der Waals surface area contributed by atoms with Gasteiger partial charge in [-0.2, -0.15) is 0 Å². The van der Waals surface area contributed by atoms with Crippen LogP contribution in [-0.4, -0.2) is 37.4 Å². The topological polar surface area (TPSA) is 106 Å². The molecule has 2 bridgehead atoms. The van der Waals surface area contributed by atoms with Gasteiger partial charge in [0.15, 0.2) is 0 Å². The van der Waals surface area contributed by atoms with E-state index in [0.717, 1.165) is 12.0 Å². The van der Waals surface area contributed by atoms with Gasteiger partial charge in [0.2, 0.25) is 0 Å². The second kappa shape index (κ2) is 8.73. The quantitative estimate of drug-likeness (QED) is 0.215. The van der Waals surface area contributed by atoms with Crippen LogP contribution in [-0.2, 0) is 20.7 Å². The number of nitrogens with one attached hydrogen (secondary N) is 1. The van der Waals surface area contributed by atoms with Crippen molar-refractivity contribution in [2.24, 2.45) is 22.4 Å². The molecule has 0 radical (unpaired) electrons. The maximum absolute atomic E-state index is 12.5. The first kappa shape index (κ1) is 22.0. The second-order valence-corrected chi connectivity index (χ2v) is 9.75. The van der Waals surface area contributed by atoms with Gasteiger partial charge in [0.25, 0.3) is 0 Å². The molecular formula is C22H31BN4O4. The van der Waals surface area contributed by atoms with E-state index in [1.807, 2.05) is 30.3 Å². The largest absolute Gasteiger partial charge is 0.481 e. The smallest absolute Gasteiger partial charge is 0.445 e. The summed E-state index contributed by atoms with van der Waals surface area (Å²) in [4.78, 5) is 15.3. The van der Waals surface area contributed by atoms with Crippen molar-refractivity contribution in [3.05, 3.63) is 46.3 Å². The van der Waals surface area contributed by atoms with Gasteiger partial charge in [-0.25, -0.2) is 4.79 Å². The molecule has 31 heavy (non-hydrogen) atoms. The molecule has 3 saturated carbocycles. The van der Waals surface area contributed by atoms with Crippen molar-refractivity contribution in [1.82, 2.24) is 5.32 Å². The standard InChI is InChI=1S/C22H31BN4O4/c1-21(2)16-12-17(21)22(3)18(13-16)30-23(31-22)19(10-7-11-25-27-24)26-20(28)29-14-15-8-5-4-6-9-15/h4-6,8-9,16-19H,7,10-14H2,1-3H3,(H,26,28)/t16-,17-,18+,19-,22-/m0/s1. The number of azide groups is 1. The summed E-state index contributed by atoms with van der Waals surface area (Å²) in [5, 5.41) is 6.54. The SMILES string of the molecule is CC1(C)[C@@H]2C[C@H]3OB([C@H](CCCN=[N+]=[N-])NC(=O)OCc4ccccc4)O[C@@]3(C)[C@H]1C2. The van der Waals surface area contributed by atoms with E-state index in [4.69, 9.17) is 19.6 Å². The van der Waals surface area contributed by atoms with Crippen molar-refractivity contribution in [2.75, 3.05) is 6.54 Å². The van der Waals surface area contributed by atoms with Gasteiger partial charge in [0.05, 0.1) is 17.6 Å². The molecule has 5 atom stereocenters. The molecule has 1 aromatic carbocycles. The fourth-order valence-corrected chi connectivity index (χ4v) is 5.69. The minimum absolute atomic E-state index is 0.0380. The summed E-state index contributed by atoms with van der Waals surface area (Å²) in [7, 11) is -0.541. The van der Waals surface area contributed by atoms with E-state index in [9.17, 15) is 4.79 Å². The van der Waals surface area contributed by atoms with Gasteiger partial charge >= 0.3 is 13.2 Å². The van der Waals surface area contributed by atoms with Crippen LogP contribution in [0, 0.1) is 17.3 Å². The molecule has 0 unspecified atom stereocenters. The summed E-state index contributed by atoms with van der Waals surface area (Å²) < 4.78 is 18.3. The predicted molar refractivity (Wildman–Crippen MR) is 117 cm³/mol. The maximum atomic E-state index is 12.5. The lowest BCUT2D eigenvalue weighted by molar-refractivity contribution is -0.199. The molecule has 1 saturated heterocycles. The lowest BCUT2D eigenvalue weighted by atomic mass is 9.43. The Morgan fingerprint density at radius 1 is 1.35 bits per heavy atom. The third kappa shape index (κ3) is 4.27. The van der Waals surface area contributed by atoms with Crippen LogP contribution in [0.15, 0.2) is 35.4 Å². The zero-order chi connectivity index (χ0) is 22.1. The number of hydrogen-bond donors (Lipinski definition) is 1. The molecule has 1 N–H and O–H groups in total. The minimum atomic E-state index is -0.541. The highest BCUT2D eigenvalue weighted by molar-refractivity contribution is 6.47. The highest BCUT2D eigenvalue weighted by Gasteiger charge is 2.68. The van der Waals surface area contributed by atoms with E-state index >= 15 is 0 Å². The molecular weight excluding hydrogens is 395 g/mol. The number of amides is 1. The predicted octanol–water partition coefficient (Wildman–Crippen LogP) is 4.64. The Labute approximate surface area is 183 Å². The van der Waals surface area contributed by atoms with Gasteiger partial charge in [-0.05, 0) is 61.0 Å². The molecule has 8 nitrogen and oxygen atoms in total. The highest BCUT2D eigenvalue weighted by atomic mass is 16.7. The number of benzene rings is 1. The number of nitrogens with zero attached hydrogens (tertiary/aromatic N) is 3. The summed E-state index contributed by atoms with van der Waals surface area (Å²) in [5.74, 6) is 0.729.